The van der Waals surface area contributed by atoms with Gasteiger partial charge in [0.2, 0.25) is 11.7 Å². The Balaban J connectivity index is 1.64. The number of piperidine rings is 1. The maximum absolute atomic E-state index is 13.1. The van der Waals surface area contributed by atoms with E-state index in [4.69, 9.17) is 18.9 Å². The van der Waals surface area contributed by atoms with Gasteiger partial charge in [0.1, 0.15) is 6.61 Å². The molecule has 1 heterocycles. The molecule has 36 heavy (non-hydrogen) atoms. The molecule has 0 aliphatic carbocycles. The first-order chi connectivity index (χ1) is 17.4. The second-order valence-corrected chi connectivity index (χ2v) is 8.55. The summed E-state index contributed by atoms with van der Waals surface area (Å²) >= 11 is 0. The molecule has 2 amide bonds. The molecule has 1 fully saturated rings. The van der Waals surface area contributed by atoms with E-state index in [9.17, 15) is 14.4 Å². The molecule has 194 valence electrons. The molecule has 1 saturated heterocycles. The molecule has 0 radical (unpaired) electrons. The van der Waals surface area contributed by atoms with Gasteiger partial charge in [-0.05, 0) is 37.5 Å². The normalized spacial score (nSPS) is 13.6. The number of esters is 1. The first kappa shape index (κ1) is 26.8. The fourth-order valence-corrected chi connectivity index (χ4v) is 4.10. The van der Waals surface area contributed by atoms with Crippen molar-refractivity contribution >= 4 is 17.8 Å². The van der Waals surface area contributed by atoms with Gasteiger partial charge in [-0.3, -0.25) is 14.4 Å². The number of methoxy groups -OCH3 is 2. The van der Waals surface area contributed by atoms with E-state index >= 15 is 0 Å². The highest BCUT2D eigenvalue weighted by molar-refractivity contribution is 5.97. The van der Waals surface area contributed by atoms with Crippen LogP contribution < -0.4 is 14.2 Å². The molecule has 2 aromatic rings. The molecular formula is C27H34N2O7. The molecule has 1 aliphatic heterocycles. The van der Waals surface area contributed by atoms with Crippen LogP contribution in [0.3, 0.4) is 0 Å². The Morgan fingerprint density at radius 3 is 2.17 bits per heavy atom. The van der Waals surface area contributed by atoms with Gasteiger partial charge in [0.05, 0.1) is 33.3 Å². The zero-order valence-corrected chi connectivity index (χ0v) is 21.3. The van der Waals surface area contributed by atoms with Crippen LogP contribution in [0.2, 0.25) is 0 Å². The number of nitrogens with zero attached hydrogens (tertiary/aromatic N) is 2. The van der Waals surface area contributed by atoms with Crippen molar-refractivity contribution in [2.75, 3.05) is 47.5 Å². The van der Waals surface area contributed by atoms with Gasteiger partial charge in [0.15, 0.2) is 11.5 Å². The highest BCUT2D eigenvalue weighted by Crippen LogP contribution is 2.39. The standard InChI is InChI=1S/C27H34N2O7/c1-5-35-27(32)20-11-13-29(14-12-20)24(30)17-28(2)26(31)21-15-22(33-3)25(23(16-21)34-4)36-18-19-9-7-6-8-10-19/h6-10,15-16,20H,5,11-14,17-18H2,1-4H3. The number of hydrogen-bond donors (Lipinski definition) is 0. The minimum Gasteiger partial charge on any atom is -0.493 e. The predicted octanol–water partition coefficient (Wildman–Crippen LogP) is 3.16. The predicted molar refractivity (Wildman–Crippen MR) is 133 cm³/mol. The van der Waals surface area contributed by atoms with Crippen molar-refractivity contribution in [1.29, 1.82) is 0 Å². The smallest absolute Gasteiger partial charge is 0.309 e. The van der Waals surface area contributed by atoms with Gasteiger partial charge >= 0.3 is 5.97 Å². The molecule has 2 aromatic carbocycles. The summed E-state index contributed by atoms with van der Waals surface area (Å²) in [6.07, 6.45) is 1.11. The first-order valence-electron chi connectivity index (χ1n) is 12.0. The lowest BCUT2D eigenvalue weighted by Gasteiger charge is -2.32. The summed E-state index contributed by atoms with van der Waals surface area (Å²) in [6, 6.07) is 12.8. The van der Waals surface area contributed by atoms with Gasteiger partial charge < -0.3 is 28.7 Å². The molecule has 9 heteroatoms. The largest absolute Gasteiger partial charge is 0.493 e. The van der Waals surface area contributed by atoms with Crippen LogP contribution >= 0.6 is 0 Å². The molecule has 0 atom stereocenters. The highest BCUT2D eigenvalue weighted by Gasteiger charge is 2.29. The van der Waals surface area contributed by atoms with Gasteiger partial charge in [0, 0.05) is 25.7 Å². The molecular weight excluding hydrogens is 464 g/mol. The number of rotatable bonds is 10. The summed E-state index contributed by atoms with van der Waals surface area (Å²) in [4.78, 5) is 40.9. The van der Waals surface area contributed by atoms with Crippen molar-refractivity contribution < 1.29 is 33.3 Å². The monoisotopic (exact) mass is 498 g/mol. The molecule has 0 N–H and O–H groups in total. The van der Waals surface area contributed by atoms with E-state index in [1.807, 2.05) is 30.3 Å². The van der Waals surface area contributed by atoms with Gasteiger partial charge in [-0.25, -0.2) is 0 Å². The van der Waals surface area contributed by atoms with Crippen LogP contribution in [0, 0.1) is 5.92 Å². The van der Waals surface area contributed by atoms with Crippen molar-refractivity contribution in [1.82, 2.24) is 9.80 Å². The number of likely N-dealkylation sites (tertiary alicyclic amines) is 1. The Hall–Kier alpha value is -3.75. The average Bonchev–Trinajstić information content (AvgIpc) is 2.91. The zero-order valence-electron chi connectivity index (χ0n) is 21.3. The summed E-state index contributed by atoms with van der Waals surface area (Å²) in [5.41, 5.74) is 1.29. The van der Waals surface area contributed by atoms with Crippen molar-refractivity contribution in [3.05, 3.63) is 53.6 Å². The summed E-state index contributed by atoms with van der Waals surface area (Å²) in [5, 5.41) is 0. The van der Waals surface area contributed by atoms with E-state index < -0.39 is 0 Å². The highest BCUT2D eigenvalue weighted by atomic mass is 16.5. The van der Waals surface area contributed by atoms with Crippen LogP contribution in [0.1, 0.15) is 35.7 Å². The zero-order chi connectivity index (χ0) is 26.1. The maximum Gasteiger partial charge on any atom is 0.309 e. The van der Waals surface area contributed by atoms with E-state index in [2.05, 4.69) is 0 Å². The quantitative estimate of drug-likeness (QED) is 0.465. The van der Waals surface area contributed by atoms with Crippen molar-refractivity contribution in [2.24, 2.45) is 5.92 Å². The number of carbonyl (C=O) groups excluding carboxylic acids is 3. The van der Waals surface area contributed by atoms with Gasteiger partial charge in [0.25, 0.3) is 5.91 Å². The Labute approximate surface area is 211 Å². The number of amides is 2. The Morgan fingerprint density at radius 1 is 1.00 bits per heavy atom. The van der Waals surface area contributed by atoms with E-state index in [0.29, 0.717) is 62.0 Å². The van der Waals surface area contributed by atoms with E-state index in [0.717, 1.165) is 5.56 Å². The van der Waals surface area contributed by atoms with Crippen LogP contribution in [-0.4, -0.2) is 75.1 Å². The van der Waals surface area contributed by atoms with E-state index in [1.54, 1.807) is 31.0 Å². The Kier molecular flexibility index (Phi) is 9.55. The van der Waals surface area contributed by atoms with Gasteiger partial charge in [-0.2, -0.15) is 0 Å². The van der Waals surface area contributed by atoms with Crippen LogP contribution in [0.15, 0.2) is 42.5 Å². The first-order valence-corrected chi connectivity index (χ1v) is 12.0. The summed E-state index contributed by atoms with van der Waals surface area (Å²) < 4.78 is 22.0. The maximum atomic E-state index is 13.1. The molecule has 0 aromatic heterocycles. The summed E-state index contributed by atoms with van der Waals surface area (Å²) in [5.74, 6) is 0.185. The number of carbonyl (C=O) groups is 3. The molecule has 0 saturated carbocycles. The minimum absolute atomic E-state index is 0.0835. The van der Waals surface area contributed by atoms with Gasteiger partial charge in [-0.1, -0.05) is 30.3 Å². The fourth-order valence-electron chi connectivity index (χ4n) is 4.10. The topological polar surface area (TPSA) is 94.6 Å². The second-order valence-electron chi connectivity index (χ2n) is 8.55. The lowest BCUT2D eigenvalue weighted by Crippen LogP contribution is -2.45. The Morgan fingerprint density at radius 2 is 1.61 bits per heavy atom. The van der Waals surface area contributed by atoms with Gasteiger partial charge in [-0.15, -0.1) is 0 Å². The number of ether oxygens (including phenoxy) is 4. The van der Waals surface area contributed by atoms with Crippen molar-refractivity contribution in [2.45, 2.75) is 26.4 Å². The van der Waals surface area contributed by atoms with E-state index in [1.165, 1.54) is 19.1 Å². The lowest BCUT2D eigenvalue weighted by molar-refractivity contribution is -0.151. The SMILES string of the molecule is CCOC(=O)C1CCN(C(=O)CN(C)C(=O)c2cc(OC)c(OCc3ccccc3)c(OC)c2)CC1. The molecule has 3 rings (SSSR count). The molecule has 0 spiro atoms. The summed E-state index contributed by atoms with van der Waals surface area (Å²) in [6.45, 7) is 3.27. The second kappa shape index (κ2) is 12.8. The third-order valence-electron chi connectivity index (χ3n) is 6.12. The average molecular weight is 499 g/mol. The fraction of sp³-hybridized carbons (Fsp3) is 0.444. The third kappa shape index (κ3) is 6.68. The molecule has 9 nitrogen and oxygen atoms in total. The lowest BCUT2D eigenvalue weighted by atomic mass is 9.97. The van der Waals surface area contributed by atoms with Crippen molar-refractivity contribution in [3.8, 4) is 17.2 Å². The van der Waals surface area contributed by atoms with Crippen LogP contribution in [0.4, 0.5) is 0 Å². The van der Waals surface area contributed by atoms with Crippen molar-refractivity contribution in [3.63, 3.8) is 0 Å². The number of likely N-dealkylation sites (N-methyl/N-ethyl adjacent to an activating group) is 1. The van der Waals surface area contributed by atoms with Crippen LogP contribution in [0.25, 0.3) is 0 Å². The molecule has 0 bridgehead atoms. The third-order valence-corrected chi connectivity index (χ3v) is 6.12. The molecule has 0 unspecified atom stereocenters. The molecule has 1 aliphatic rings. The number of benzene rings is 2. The number of hydrogen-bond acceptors (Lipinski definition) is 7. The van der Waals surface area contributed by atoms with Crippen LogP contribution in [0.5, 0.6) is 17.2 Å². The minimum atomic E-state index is -0.351. The van der Waals surface area contributed by atoms with Crippen LogP contribution in [-0.2, 0) is 20.9 Å². The summed E-state index contributed by atoms with van der Waals surface area (Å²) in [7, 11) is 4.56. The van der Waals surface area contributed by atoms with E-state index in [-0.39, 0.29) is 30.2 Å². The Bertz CT molecular complexity index is 1020.